The first-order valence-electron chi connectivity index (χ1n) is 8.54. The fraction of sp³-hybridized carbons (Fsp3) is 0.200. The van der Waals surface area contributed by atoms with Gasteiger partial charge in [0.25, 0.3) is 0 Å². The number of allylic oxidation sites excluding steroid dienone is 2. The van der Waals surface area contributed by atoms with Crippen LogP contribution in [0.3, 0.4) is 0 Å². The zero-order chi connectivity index (χ0) is 19.1. The van der Waals surface area contributed by atoms with E-state index < -0.39 is 0 Å². The number of aryl methyl sites for hydroxylation is 1. The van der Waals surface area contributed by atoms with Gasteiger partial charge in [0.05, 0.1) is 12.5 Å². The first kappa shape index (κ1) is 17.4. The summed E-state index contributed by atoms with van der Waals surface area (Å²) in [5, 5.41) is 10.2. The number of halogens is 1. The van der Waals surface area contributed by atoms with E-state index in [2.05, 4.69) is 21.6 Å². The second-order valence-corrected chi connectivity index (χ2v) is 7.16. The van der Waals surface area contributed by atoms with Crippen LogP contribution in [0.1, 0.15) is 39.9 Å². The van der Waals surface area contributed by atoms with E-state index in [4.69, 9.17) is 11.6 Å². The molecule has 6 nitrogen and oxygen atoms in total. The summed E-state index contributed by atoms with van der Waals surface area (Å²) in [5.41, 5.74) is 5.10. The lowest BCUT2D eigenvalue weighted by atomic mass is 9.88. The molecule has 2 aromatic carbocycles. The number of fused-ring (bicyclic) bond motifs is 1. The SMILES string of the molecule is CC1=C(Cn2nn[nH]c2=O)c2cc(C)ccc2C1C(=O)c1ccc(Cl)cc1. The summed E-state index contributed by atoms with van der Waals surface area (Å²) in [6, 6.07) is 13.0. The molecule has 1 heterocycles. The van der Waals surface area contributed by atoms with Gasteiger partial charge >= 0.3 is 5.69 Å². The van der Waals surface area contributed by atoms with E-state index in [0.717, 1.165) is 27.8 Å². The standard InChI is InChI=1S/C20H17ClN4O2/c1-11-3-8-15-16(9-11)17(10-25-20(27)22-23-24-25)12(2)18(15)19(26)13-4-6-14(21)7-5-13/h3-9,18H,10H2,1-2H3,(H,22,24,27). The highest BCUT2D eigenvalue weighted by Gasteiger charge is 2.34. The molecule has 1 aromatic heterocycles. The lowest BCUT2D eigenvalue weighted by molar-refractivity contribution is 0.0973. The van der Waals surface area contributed by atoms with Gasteiger partial charge in [-0.25, -0.2) is 9.89 Å². The summed E-state index contributed by atoms with van der Waals surface area (Å²) in [4.78, 5) is 25.1. The van der Waals surface area contributed by atoms with Crippen LogP contribution in [0.2, 0.25) is 5.02 Å². The molecule has 3 aromatic rings. The highest BCUT2D eigenvalue weighted by Crippen LogP contribution is 2.44. The third kappa shape index (κ3) is 3.02. The minimum absolute atomic E-state index is 0.0109. The Morgan fingerprint density at radius 2 is 1.93 bits per heavy atom. The number of hydrogen-bond acceptors (Lipinski definition) is 4. The zero-order valence-electron chi connectivity index (χ0n) is 14.9. The maximum Gasteiger partial charge on any atom is 0.361 e. The van der Waals surface area contributed by atoms with Gasteiger partial charge in [0.2, 0.25) is 0 Å². The van der Waals surface area contributed by atoms with Crippen molar-refractivity contribution in [2.24, 2.45) is 0 Å². The lowest BCUT2D eigenvalue weighted by Gasteiger charge is -2.13. The highest BCUT2D eigenvalue weighted by molar-refractivity contribution is 6.30. The number of hydrogen-bond donors (Lipinski definition) is 1. The fourth-order valence-electron chi connectivity index (χ4n) is 3.60. The summed E-state index contributed by atoms with van der Waals surface area (Å²) in [5.74, 6) is -0.379. The first-order chi connectivity index (χ1) is 13.0. The van der Waals surface area contributed by atoms with E-state index >= 15 is 0 Å². The van der Waals surface area contributed by atoms with Crippen molar-refractivity contribution in [3.05, 3.63) is 85.8 Å². The van der Waals surface area contributed by atoms with Crippen molar-refractivity contribution in [2.75, 3.05) is 0 Å². The minimum Gasteiger partial charge on any atom is -0.293 e. The third-order valence-electron chi connectivity index (χ3n) is 4.99. The molecular formula is C20H17ClN4O2. The first-order valence-corrected chi connectivity index (χ1v) is 8.92. The highest BCUT2D eigenvalue weighted by atomic mass is 35.5. The van der Waals surface area contributed by atoms with Gasteiger partial charge in [0, 0.05) is 10.6 Å². The molecule has 1 aliphatic rings. The van der Waals surface area contributed by atoms with E-state index in [1.54, 1.807) is 24.3 Å². The molecule has 1 atom stereocenters. The third-order valence-corrected chi connectivity index (χ3v) is 5.24. The van der Waals surface area contributed by atoms with Crippen LogP contribution in [0.5, 0.6) is 0 Å². The molecule has 1 unspecified atom stereocenters. The molecule has 0 fully saturated rings. The number of ketones is 1. The molecule has 0 saturated heterocycles. The van der Waals surface area contributed by atoms with Gasteiger partial charge in [-0.15, -0.1) is 0 Å². The molecule has 0 aliphatic heterocycles. The Morgan fingerprint density at radius 3 is 2.59 bits per heavy atom. The number of rotatable bonds is 4. The predicted molar refractivity (Wildman–Crippen MR) is 103 cm³/mol. The monoisotopic (exact) mass is 380 g/mol. The van der Waals surface area contributed by atoms with Crippen LogP contribution in [0.25, 0.3) is 5.57 Å². The summed E-state index contributed by atoms with van der Waals surface area (Å²) in [6.07, 6.45) is 0. The molecule has 0 amide bonds. The Balaban J connectivity index is 1.82. The van der Waals surface area contributed by atoms with E-state index in [9.17, 15) is 9.59 Å². The Morgan fingerprint density at radius 1 is 1.19 bits per heavy atom. The molecule has 0 spiro atoms. The number of carbonyl (C=O) groups excluding carboxylic acids is 1. The number of Topliss-reactive ketones (excluding diaryl/α,β-unsaturated/α-hetero) is 1. The number of aromatic amines is 1. The van der Waals surface area contributed by atoms with Crippen molar-refractivity contribution >= 4 is 23.0 Å². The molecule has 0 saturated carbocycles. The second kappa shape index (κ2) is 6.63. The molecule has 136 valence electrons. The van der Waals surface area contributed by atoms with Crippen molar-refractivity contribution in [3.63, 3.8) is 0 Å². The second-order valence-electron chi connectivity index (χ2n) is 6.72. The van der Waals surface area contributed by atoms with Gasteiger partial charge in [-0.2, -0.15) is 4.68 Å². The molecule has 1 aliphatic carbocycles. The minimum atomic E-state index is -0.389. The van der Waals surface area contributed by atoms with Crippen LogP contribution in [0, 0.1) is 6.92 Å². The maximum absolute atomic E-state index is 13.3. The number of tetrazole rings is 1. The number of aromatic nitrogens is 4. The quantitative estimate of drug-likeness (QED) is 0.703. The van der Waals surface area contributed by atoms with Gasteiger partial charge in [0.15, 0.2) is 5.78 Å². The van der Waals surface area contributed by atoms with E-state index in [1.807, 2.05) is 26.0 Å². The van der Waals surface area contributed by atoms with Crippen molar-refractivity contribution < 1.29 is 4.79 Å². The topological polar surface area (TPSA) is 80.6 Å². The van der Waals surface area contributed by atoms with Crippen LogP contribution in [0.15, 0.2) is 52.8 Å². The normalized spacial score (nSPS) is 15.9. The molecule has 4 rings (SSSR count). The van der Waals surface area contributed by atoms with Crippen molar-refractivity contribution in [1.29, 1.82) is 0 Å². The van der Waals surface area contributed by atoms with Gasteiger partial charge in [-0.1, -0.05) is 40.9 Å². The summed E-state index contributed by atoms with van der Waals surface area (Å²) < 4.78 is 1.26. The maximum atomic E-state index is 13.3. The number of benzene rings is 2. The molecule has 27 heavy (non-hydrogen) atoms. The summed E-state index contributed by atoms with van der Waals surface area (Å²) >= 11 is 5.95. The average Bonchev–Trinajstić information content (AvgIpc) is 3.17. The fourth-order valence-corrected chi connectivity index (χ4v) is 3.73. The number of H-pyrrole nitrogens is 1. The smallest absolute Gasteiger partial charge is 0.293 e. The van der Waals surface area contributed by atoms with Crippen molar-refractivity contribution in [2.45, 2.75) is 26.3 Å². The molecule has 0 radical (unpaired) electrons. The predicted octanol–water partition coefficient (Wildman–Crippen LogP) is 3.38. The van der Waals surface area contributed by atoms with Crippen molar-refractivity contribution in [3.8, 4) is 0 Å². The van der Waals surface area contributed by atoms with Gasteiger partial charge in [0.1, 0.15) is 0 Å². The lowest BCUT2D eigenvalue weighted by Crippen LogP contribution is -2.19. The Kier molecular flexibility index (Phi) is 4.28. The van der Waals surface area contributed by atoms with Gasteiger partial charge in [-0.3, -0.25) is 4.79 Å². The number of nitrogens with zero attached hydrogens (tertiary/aromatic N) is 3. The van der Waals surface area contributed by atoms with E-state index in [0.29, 0.717) is 10.6 Å². The number of nitrogens with one attached hydrogen (secondary N) is 1. The van der Waals surface area contributed by atoms with E-state index in [1.165, 1.54) is 4.68 Å². The zero-order valence-corrected chi connectivity index (χ0v) is 15.6. The van der Waals surface area contributed by atoms with Gasteiger partial charge < -0.3 is 0 Å². The molecule has 0 bridgehead atoms. The van der Waals surface area contributed by atoms with Crippen LogP contribution < -0.4 is 5.69 Å². The molecular weight excluding hydrogens is 364 g/mol. The van der Waals surface area contributed by atoms with Crippen LogP contribution in [-0.4, -0.2) is 26.0 Å². The van der Waals surface area contributed by atoms with Gasteiger partial charge in [-0.05, 0) is 65.2 Å². The Hall–Kier alpha value is -2.99. The molecule has 1 N–H and O–H groups in total. The largest absolute Gasteiger partial charge is 0.361 e. The van der Waals surface area contributed by atoms with E-state index in [-0.39, 0.29) is 23.9 Å². The summed E-state index contributed by atoms with van der Waals surface area (Å²) in [7, 11) is 0. The Bertz CT molecular complexity index is 1130. The average molecular weight is 381 g/mol. The van der Waals surface area contributed by atoms with Crippen LogP contribution in [0.4, 0.5) is 0 Å². The van der Waals surface area contributed by atoms with Crippen LogP contribution in [-0.2, 0) is 6.54 Å². The summed E-state index contributed by atoms with van der Waals surface area (Å²) in [6.45, 7) is 4.21. The number of carbonyl (C=O) groups is 1. The van der Waals surface area contributed by atoms with Crippen LogP contribution >= 0.6 is 11.6 Å². The molecule has 7 heteroatoms. The Labute approximate surface area is 160 Å². The van der Waals surface area contributed by atoms with Crippen molar-refractivity contribution in [1.82, 2.24) is 20.2 Å².